The summed E-state index contributed by atoms with van der Waals surface area (Å²) in [6.45, 7) is 9.91. The Morgan fingerprint density at radius 1 is 1.00 bits per heavy atom. The van der Waals surface area contributed by atoms with Crippen molar-refractivity contribution in [3.8, 4) is 0 Å². The molecule has 0 heterocycles. The average Bonchev–Trinajstić information content (AvgIpc) is 2.52. The molecular formula is C17H37N5O2. The van der Waals surface area contributed by atoms with Crippen molar-refractivity contribution in [2.45, 2.75) is 91.3 Å². The van der Waals surface area contributed by atoms with Crippen LogP contribution in [0.2, 0.25) is 0 Å². The number of carbonyl (C=O) groups is 2. The molecule has 0 aromatic rings. The SMILES string of the molecule is CCCCC(CCCC)N[C@H](C(=O)N[C@@H](C)C(=O)N(N)N)C(C)C. The number of rotatable bonds is 12. The summed E-state index contributed by atoms with van der Waals surface area (Å²) in [5.41, 5.74) is 0. The van der Waals surface area contributed by atoms with Crippen LogP contribution in [-0.4, -0.2) is 35.1 Å². The molecule has 142 valence electrons. The molecule has 24 heavy (non-hydrogen) atoms. The van der Waals surface area contributed by atoms with Gasteiger partial charge in [0.1, 0.15) is 6.04 Å². The third-order valence-electron chi connectivity index (χ3n) is 4.16. The first-order chi connectivity index (χ1) is 11.2. The zero-order valence-electron chi connectivity index (χ0n) is 16.0. The van der Waals surface area contributed by atoms with Crippen molar-refractivity contribution in [2.24, 2.45) is 17.6 Å². The Morgan fingerprint density at radius 3 is 1.88 bits per heavy atom. The van der Waals surface area contributed by atoms with Crippen LogP contribution in [0.5, 0.6) is 0 Å². The average molecular weight is 344 g/mol. The molecule has 0 bridgehead atoms. The summed E-state index contributed by atoms with van der Waals surface area (Å²) in [6.07, 6.45) is 6.66. The topological polar surface area (TPSA) is 113 Å². The van der Waals surface area contributed by atoms with Gasteiger partial charge in [0.05, 0.1) is 6.04 Å². The molecule has 7 heteroatoms. The molecule has 0 rings (SSSR count). The van der Waals surface area contributed by atoms with Crippen LogP contribution in [0.3, 0.4) is 0 Å². The maximum Gasteiger partial charge on any atom is 0.273 e. The van der Waals surface area contributed by atoms with E-state index in [1.165, 1.54) is 0 Å². The van der Waals surface area contributed by atoms with Crippen LogP contribution in [0.25, 0.3) is 0 Å². The number of amides is 2. The third kappa shape index (κ3) is 8.61. The molecule has 6 N–H and O–H groups in total. The van der Waals surface area contributed by atoms with E-state index in [-0.39, 0.29) is 17.9 Å². The minimum atomic E-state index is -0.750. The minimum Gasteiger partial charge on any atom is -0.343 e. The van der Waals surface area contributed by atoms with E-state index in [1.54, 1.807) is 6.92 Å². The summed E-state index contributed by atoms with van der Waals surface area (Å²) >= 11 is 0. The molecule has 0 spiro atoms. The van der Waals surface area contributed by atoms with Crippen molar-refractivity contribution in [2.75, 3.05) is 0 Å². The minimum absolute atomic E-state index is 0.116. The molecule has 0 aliphatic rings. The van der Waals surface area contributed by atoms with Crippen molar-refractivity contribution in [1.82, 2.24) is 15.8 Å². The summed E-state index contributed by atoms with van der Waals surface area (Å²) in [5, 5.41) is 6.71. The molecule has 2 amide bonds. The quantitative estimate of drug-likeness (QED) is 0.243. The molecule has 0 aliphatic heterocycles. The molecule has 0 saturated heterocycles. The van der Waals surface area contributed by atoms with E-state index >= 15 is 0 Å². The number of hydrogen-bond acceptors (Lipinski definition) is 5. The molecule has 0 unspecified atom stereocenters. The third-order valence-corrected chi connectivity index (χ3v) is 4.16. The largest absolute Gasteiger partial charge is 0.343 e. The predicted octanol–water partition coefficient (Wildman–Crippen LogP) is 1.43. The van der Waals surface area contributed by atoms with E-state index in [1.807, 2.05) is 13.8 Å². The van der Waals surface area contributed by atoms with Crippen molar-refractivity contribution < 1.29 is 9.59 Å². The maximum atomic E-state index is 12.6. The lowest BCUT2D eigenvalue weighted by Crippen LogP contribution is -2.57. The highest BCUT2D eigenvalue weighted by Crippen LogP contribution is 2.12. The smallest absolute Gasteiger partial charge is 0.273 e. The van der Waals surface area contributed by atoms with Crippen LogP contribution in [-0.2, 0) is 9.59 Å². The van der Waals surface area contributed by atoms with E-state index in [0.717, 1.165) is 38.5 Å². The van der Waals surface area contributed by atoms with Gasteiger partial charge in [0.15, 0.2) is 0 Å². The van der Waals surface area contributed by atoms with Crippen LogP contribution >= 0.6 is 0 Å². The second-order valence-electron chi connectivity index (χ2n) is 6.85. The first kappa shape index (κ1) is 22.8. The van der Waals surface area contributed by atoms with Gasteiger partial charge in [-0.15, -0.1) is 0 Å². The van der Waals surface area contributed by atoms with Crippen molar-refractivity contribution >= 4 is 11.8 Å². The predicted molar refractivity (Wildman–Crippen MR) is 97.4 cm³/mol. The molecule has 2 atom stereocenters. The van der Waals surface area contributed by atoms with E-state index in [0.29, 0.717) is 11.2 Å². The summed E-state index contributed by atoms with van der Waals surface area (Å²) in [4.78, 5) is 24.3. The number of nitrogens with zero attached hydrogens (tertiary/aromatic N) is 1. The Morgan fingerprint density at radius 2 is 1.50 bits per heavy atom. The number of hydrogen-bond donors (Lipinski definition) is 4. The highest BCUT2D eigenvalue weighted by atomic mass is 16.2. The van der Waals surface area contributed by atoms with Crippen LogP contribution in [0.15, 0.2) is 0 Å². The molecule has 0 aromatic heterocycles. The van der Waals surface area contributed by atoms with Crippen LogP contribution in [0.4, 0.5) is 0 Å². The Kier molecular flexibility index (Phi) is 11.6. The van der Waals surface area contributed by atoms with Gasteiger partial charge in [0.25, 0.3) is 5.91 Å². The summed E-state index contributed by atoms with van der Waals surface area (Å²) < 4.78 is 0. The summed E-state index contributed by atoms with van der Waals surface area (Å²) in [5.74, 6) is 9.87. The molecular weight excluding hydrogens is 306 g/mol. The number of nitrogens with two attached hydrogens (primary N) is 2. The highest BCUT2D eigenvalue weighted by molar-refractivity contribution is 5.89. The van der Waals surface area contributed by atoms with E-state index in [4.69, 9.17) is 11.7 Å². The van der Waals surface area contributed by atoms with E-state index in [9.17, 15) is 9.59 Å². The van der Waals surface area contributed by atoms with Crippen LogP contribution in [0, 0.1) is 5.92 Å². The fourth-order valence-electron chi connectivity index (χ4n) is 2.63. The van der Waals surface area contributed by atoms with Crippen LogP contribution in [0.1, 0.15) is 73.1 Å². The fraction of sp³-hybridized carbons (Fsp3) is 0.882. The zero-order valence-corrected chi connectivity index (χ0v) is 16.0. The molecule has 7 nitrogen and oxygen atoms in total. The Balaban J connectivity index is 4.84. The molecule has 0 fully saturated rings. The van der Waals surface area contributed by atoms with Gasteiger partial charge in [-0.3, -0.25) is 9.59 Å². The molecule has 0 saturated carbocycles. The van der Waals surface area contributed by atoms with Gasteiger partial charge < -0.3 is 10.6 Å². The number of unbranched alkanes of at least 4 members (excludes halogenated alkanes) is 2. The van der Waals surface area contributed by atoms with Gasteiger partial charge in [0.2, 0.25) is 5.91 Å². The Labute approximate surface area is 146 Å². The van der Waals surface area contributed by atoms with Gasteiger partial charge in [-0.2, -0.15) is 0 Å². The van der Waals surface area contributed by atoms with Crippen molar-refractivity contribution in [1.29, 1.82) is 0 Å². The zero-order chi connectivity index (χ0) is 18.7. The lowest BCUT2D eigenvalue weighted by molar-refractivity contribution is -0.137. The number of hydrazine groups is 2. The summed E-state index contributed by atoms with van der Waals surface area (Å²) in [6, 6.07) is -0.780. The van der Waals surface area contributed by atoms with Gasteiger partial charge in [-0.05, 0) is 25.7 Å². The van der Waals surface area contributed by atoms with Crippen molar-refractivity contribution in [3.05, 3.63) is 0 Å². The fourth-order valence-corrected chi connectivity index (χ4v) is 2.63. The molecule has 0 radical (unpaired) electrons. The Bertz CT molecular complexity index is 366. The normalized spacial score (nSPS) is 13.9. The Hall–Kier alpha value is -1.18. The second kappa shape index (κ2) is 12.2. The lowest BCUT2D eigenvalue weighted by Gasteiger charge is -2.29. The van der Waals surface area contributed by atoms with Gasteiger partial charge >= 0.3 is 0 Å². The van der Waals surface area contributed by atoms with E-state index < -0.39 is 11.9 Å². The standard InChI is InChI=1S/C17H37N5O2/c1-6-8-10-14(11-9-7-2)21-15(12(3)4)16(23)20-13(5)17(24)22(18)19/h12-15,21H,6-11,18-19H2,1-5H3,(H,20,23)/t13-,15-/m0/s1. The first-order valence-corrected chi connectivity index (χ1v) is 9.14. The van der Waals surface area contributed by atoms with E-state index in [2.05, 4.69) is 24.5 Å². The van der Waals surface area contributed by atoms with Gasteiger partial charge in [0, 0.05) is 6.04 Å². The maximum absolute atomic E-state index is 12.6. The van der Waals surface area contributed by atoms with Crippen LogP contribution < -0.4 is 22.3 Å². The first-order valence-electron chi connectivity index (χ1n) is 9.14. The number of carbonyl (C=O) groups excluding carboxylic acids is 2. The highest BCUT2D eigenvalue weighted by Gasteiger charge is 2.28. The summed E-state index contributed by atoms with van der Waals surface area (Å²) in [7, 11) is 0. The monoisotopic (exact) mass is 343 g/mol. The van der Waals surface area contributed by atoms with Gasteiger partial charge in [-0.25, -0.2) is 16.8 Å². The molecule has 0 aliphatic carbocycles. The lowest BCUT2D eigenvalue weighted by atomic mass is 9.97. The second-order valence-corrected chi connectivity index (χ2v) is 6.85. The van der Waals surface area contributed by atoms with Crippen molar-refractivity contribution in [3.63, 3.8) is 0 Å². The molecule has 0 aromatic carbocycles. The van der Waals surface area contributed by atoms with Gasteiger partial charge in [-0.1, -0.05) is 53.4 Å². The number of nitrogens with one attached hydrogen (secondary N) is 2.